The number of allylic oxidation sites excluding steroid dienone is 6. The van der Waals surface area contributed by atoms with Gasteiger partial charge in [0.05, 0.1) is 18.1 Å². The van der Waals surface area contributed by atoms with Crippen molar-refractivity contribution in [2.75, 3.05) is 0 Å². The normalized spacial score (nSPS) is 34.7. The van der Waals surface area contributed by atoms with Crippen LogP contribution in [0.15, 0.2) is 76.2 Å². The van der Waals surface area contributed by atoms with Gasteiger partial charge in [-0.2, -0.15) is 0 Å². The third kappa shape index (κ3) is 4.02. The highest BCUT2D eigenvalue weighted by Crippen LogP contribution is 2.51. The highest BCUT2D eigenvalue weighted by molar-refractivity contribution is 6.03. The fourth-order valence-corrected chi connectivity index (χ4v) is 7.29. The van der Waals surface area contributed by atoms with Gasteiger partial charge in [-0.1, -0.05) is 60.9 Å². The molecule has 1 fully saturated rings. The molecule has 37 heavy (non-hydrogen) atoms. The average Bonchev–Trinajstić information content (AvgIpc) is 3.39. The monoisotopic (exact) mass is 498 g/mol. The number of aliphatic hydroxyl groups is 3. The number of aliphatic hydroxyl groups excluding tert-OH is 3. The summed E-state index contributed by atoms with van der Waals surface area (Å²) in [5, 5.41) is 34.8. The summed E-state index contributed by atoms with van der Waals surface area (Å²) < 4.78 is 6.53. The van der Waals surface area contributed by atoms with Crippen molar-refractivity contribution in [3.8, 4) is 0 Å². The number of benzene rings is 1. The van der Waals surface area contributed by atoms with E-state index >= 15 is 0 Å². The lowest BCUT2D eigenvalue weighted by atomic mass is 9.63. The molecule has 0 spiro atoms. The Morgan fingerprint density at radius 1 is 1.05 bits per heavy atom. The van der Waals surface area contributed by atoms with Crippen molar-refractivity contribution in [2.24, 2.45) is 16.8 Å². The van der Waals surface area contributed by atoms with Gasteiger partial charge in [0.15, 0.2) is 0 Å². The molecule has 192 valence electrons. The predicted octanol–water partition coefficient (Wildman–Crippen LogP) is 5.15. The summed E-state index contributed by atoms with van der Waals surface area (Å²) in [7, 11) is 0. The van der Waals surface area contributed by atoms with E-state index in [1.807, 2.05) is 0 Å². The summed E-state index contributed by atoms with van der Waals surface area (Å²) in [4.78, 5) is 5.11. The zero-order valence-electron chi connectivity index (χ0n) is 20.9. The molecule has 0 amide bonds. The second-order valence-electron chi connectivity index (χ2n) is 11.2. The predicted molar refractivity (Wildman–Crippen MR) is 143 cm³/mol. The fourth-order valence-electron chi connectivity index (χ4n) is 7.29. The summed E-state index contributed by atoms with van der Waals surface area (Å²) in [6, 6.07) is 6.66. The van der Waals surface area contributed by atoms with Crippen LogP contribution < -0.4 is 5.32 Å². The summed E-state index contributed by atoms with van der Waals surface area (Å²) in [5.41, 5.74) is 7.91. The van der Waals surface area contributed by atoms with Gasteiger partial charge in [-0.15, -0.1) is 0 Å². The maximum atomic E-state index is 10.8. The topological polar surface area (TPSA) is 94.3 Å². The molecule has 1 aromatic carbocycles. The summed E-state index contributed by atoms with van der Waals surface area (Å²) in [6.07, 6.45) is 17.5. The van der Waals surface area contributed by atoms with E-state index in [2.05, 4.69) is 47.8 Å². The van der Waals surface area contributed by atoms with E-state index < -0.39 is 18.2 Å². The van der Waals surface area contributed by atoms with Gasteiger partial charge in [-0.05, 0) is 54.0 Å². The maximum absolute atomic E-state index is 10.8. The Kier molecular flexibility index (Phi) is 5.72. The molecular weight excluding hydrogens is 464 g/mol. The van der Waals surface area contributed by atoms with Crippen LogP contribution in [0.1, 0.15) is 61.1 Å². The number of hydrogen-bond acceptors (Lipinski definition) is 6. The highest BCUT2D eigenvalue weighted by atomic mass is 16.5. The Morgan fingerprint density at radius 2 is 1.92 bits per heavy atom. The summed E-state index contributed by atoms with van der Waals surface area (Å²) in [5.74, 6) is -0.351. The molecule has 1 heterocycles. The van der Waals surface area contributed by atoms with Crippen LogP contribution in [0.4, 0.5) is 0 Å². The van der Waals surface area contributed by atoms with Gasteiger partial charge in [0, 0.05) is 30.0 Å². The SMILES string of the molecule is OC1=CC(O)C(C2N=C(C3=CC=C4CCc5cccc6c5C4C3C=C6)CC(OC3CCCC3)N2)C(O)=C1. The lowest BCUT2D eigenvalue weighted by molar-refractivity contribution is -0.0391. The van der Waals surface area contributed by atoms with Crippen LogP contribution >= 0.6 is 0 Å². The van der Waals surface area contributed by atoms with Gasteiger partial charge < -0.3 is 20.1 Å². The average molecular weight is 499 g/mol. The van der Waals surface area contributed by atoms with E-state index in [1.54, 1.807) is 0 Å². The smallest absolute Gasteiger partial charge is 0.117 e. The van der Waals surface area contributed by atoms with Crippen LogP contribution in [0.2, 0.25) is 0 Å². The number of aryl methyl sites for hydroxylation is 1. The lowest BCUT2D eigenvalue weighted by Gasteiger charge is -2.42. The van der Waals surface area contributed by atoms with Crippen LogP contribution in [-0.4, -0.2) is 45.6 Å². The number of ether oxygens (including phenoxy) is 1. The van der Waals surface area contributed by atoms with Crippen LogP contribution in [-0.2, 0) is 11.2 Å². The van der Waals surface area contributed by atoms with Crippen LogP contribution in [0.25, 0.3) is 6.08 Å². The Morgan fingerprint density at radius 3 is 2.76 bits per heavy atom. The Bertz CT molecular complexity index is 1300. The van der Waals surface area contributed by atoms with E-state index in [0.29, 0.717) is 12.3 Å². The first kappa shape index (κ1) is 23.2. The first-order chi connectivity index (χ1) is 18.0. The van der Waals surface area contributed by atoms with E-state index in [0.717, 1.165) is 31.4 Å². The minimum atomic E-state index is -1.05. The fraction of sp³-hybridized carbons (Fsp3) is 0.452. The first-order valence-corrected chi connectivity index (χ1v) is 13.7. The molecule has 6 aliphatic rings. The molecule has 6 unspecified atom stereocenters. The molecule has 0 aromatic heterocycles. The Hall–Kier alpha value is -2.93. The number of nitrogens with one attached hydrogen (secondary N) is 1. The molecule has 6 atom stereocenters. The number of rotatable bonds is 4. The van der Waals surface area contributed by atoms with Gasteiger partial charge in [-0.3, -0.25) is 10.3 Å². The minimum Gasteiger partial charge on any atom is -0.512 e. The molecule has 6 heteroatoms. The van der Waals surface area contributed by atoms with Crippen LogP contribution in [0.3, 0.4) is 0 Å². The van der Waals surface area contributed by atoms with Crippen molar-refractivity contribution >= 4 is 11.8 Å². The largest absolute Gasteiger partial charge is 0.512 e. The van der Waals surface area contributed by atoms with Gasteiger partial charge >= 0.3 is 0 Å². The molecular formula is C31H34N2O4. The molecule has 0 saturated heterocycles. The molecule has 1 aliphatic heterocycles. The third-order valence-electron chi connectivity index (χ3n) is 9.01. The van der Waals surface area contributed by atoms with Crippen molar-refractivity contribution in [2.45, 2.75) is 75.5 Å². The molecule has 0 bridgehead atoms. The second-order valence-corrected chi connectivity index (χ2v) is 11.2. The Labute approximate surface area is 217 Å². The van der Waals surface area contributed by atoms with Gasteiger partial charge in [0.1, 0.15) is 23.9 Å². The van der Waals surface area contributed by atoms with Crippen molar-refractivity contribution < 1.29 is 20.1 Å². The maximum Gasteiger partial charge on any atom is 0.117 e. The number of aliphatic imine (C=N–C) groups is 1. The van der Waals surface area contributed by atoms with Crippen LogP contribution in [0.5, 0.6) is 0 Å². The van der Waals surface area contributed by atoms with E-state index in [-0.39, 0.29) is 29.8 Å². The standard InChI is InChI=1S/C31H34N2O4/c34-20-14-25(35)30(26(36)15-20)31-32-24(16-27(33-31)37-21-6-1-2-7-21)22-12-10-19-9-8-17-4-3-5-18-11-13-23(22)29(19)28(17)18/h3-5,10-15,21,23,25,27,29-31,33-36H,1-2,6-9,16H2. The quantitative estimate of drug-likeness (QED) is 0.461. The van der Waals surface area contributed by atoms with Gasteiger partial charge in [-0.25, -0.2) is 0 Å². The number of hydrogen-bond donors (Lipinski definition) is 4. The van der Waals surface area contributed by atoms with Crippen molar-refractivity contribution in [3.05, 3.63) is 87.9 Å². The highest BCUT2D eigenvalue weighted by Gasteiger charge is 2.42. The summed E-state index contributed by atoms with van der Waals surface area (Å²) in [6.45, 7) is 0. The van der Waals surface area contributed by atoms with Crippen molar-refractivity contribution in [3.63, 3.8) is 0 Å². The first-order valence-electron chi connectivity index (χ1n) is 13.7. The van der Waals surface area contributed by atoms with E-state index in [1.165, 1.54) is 52.8 Å². The molecule has 0 radical (unpaired) electrons. The molecule has 4 N–H and O–H groups in total. The van der Waals surface area contributed by atoms with Gasteiger partial charge in [0.25, 0.3) is 0 Å². The molecule has 5 aliphatic carbocycles. The zero-order chi connectivity index (χ0) is 25.1. The van der Waals surface area contributed by atoms with Gasteiger partial charge in [0.2, 0.25) is 0 Å². The molecule has 1 saturated carbocycles. The van der Waals surface area contributed by atoms with Crippen LogP contribution in [0, 0.1) is 11.8 Å². The van der Waals surface area contributed by atoms with E-state index in [4.69, 9.17) is 9.73 Å². The summed E-state index contributed by atoms with van der Waals surface area (Å²) >= 11 is 0. The Balaban J connectivity index is 1.26. The zero-order valence-corrected chi connectivity index (χ0v) is 20.9. The molecule has 1 aromatic rings. The minimum absolute atomic E-state index is 0.0714. The lowest BCUT2D eigenvalue weighted by Crippen LogP contribution is -2.52. The molecule has 6 nitrogen and oxygen atoms in total. The van der Waals surface area contributed by atoms with Crippen molar-refractivity contribution in [1.29, 1.82) is 0 Å². The third-order valence-corrected chi connectivity index (χ3v) is 9.01. The number of nitrogens with zero attached hydrogens (tertiary/aromatic N) is 1. The second kappa shape index (κ2) is 9.12. The molecule has 7 rings (SSSR count). The van der Waals surface area contributed by atoms with E-state index in [9.17, 15) is 15.3 Å². The van der Waals surface area contributed by atoms with Crippen molar-refractivity contribution in [1.82, 2.24) is 5.32 Å².